The first kappa shape index (κ1) is 17.8. The van der Waals surface area contributed by atoms with E-state index in [-0.39, 0.29) is 13.0 Å². The van der Waals surface area contributed by atoms with Crippen molar-refractivity contribution >= 4 is 23.7 Å². The molecule has 0 spiro atoms. The summed E-state index contributed by atoms with van der Waals surface area (Å²) in [7, 11) is 0. The van der Waals surface area contributed by atoms with Crippen molar-refractivity contribution in [3.8, 4) is 0 Å². The number of benzene rings is 2. The number of aryl methyl sites for hydroxylation is 1. The zero-order chi connectivity index (χ0) is 17.5. The van der Waals surface area contributed by atoms with Crippen molar-refractivity contribution in [2.24, 2.45) is 0 Å². The second kappa shape index (κ2) is 8.36. The summed E-state index contributed by atoms with van der Waals surface area (Å²) in [6, 6.07) is 13.7. The van der Waals surface area contributed by atoms with Gasteiger partial charge in [0.05, 0.1) is 12.5 Å². The molecule has 0 aromatic heterocycles. The Morgan fingerprint density at radius 2 is 1.92 bits per heavy atom. The summed E-state index contributed by atoms with van der Waals surface area (Å²) in [4.78, 5) is 23.0. The fourth-order valence-corrected chi connectivity index (χ4v) is 2.35. The number of carbonyl (C=O) groups is 2. The predicted octanol–water partition coefficient (Wildman–Crippen LogP) is 4.09. The third-order valence-corrected chi connectivity index (χ3v) is 3.89. The molecule has 1 amide bonds. The van der Waals surface area contributed by atoms with Crippen molar-refractivity contribution in [3.05, 3.63) is 70.2 Å². The molecule has 0 heterocycles. The van der Waals surface area contributed by atoms with Crippen molar-refractivity contribution in [1.29, 1.82) is 0 Å². The number of aliphatic carboxylic acids is 1. The van der Waals surface area contributed by atoms with Crippen LogP contribution in [0.1, 0.15) is 29.2 Å². The smallest absolute Gasteiger partial charge is 0.407 e. The summed E-state index contributed by atoms with van der Waals surface area (Å²) in [5, 5.41) is 12.2. The number of carboxylic acid groups (broad SMARTS) is 1. The van der Waals surface area contributed by atoms with Gasteiger partial charge in [0.15, 0.2) is 0 Å². The van der Waals surface area contributed by atoms with Crippen LogP contribution < -0.4 is 5.32 Å². The van der Waals surface area contributed by atoms with Crippen LogP contribution in [0.25, 0.3) is 0 Å². The van der Waals surface area contributed by atoms with E-state index in [1.807, 2.05) is 37.3 Å². The molecule has 0 unspecified atom stereocenters. The number of carboxylic acids is 1. The second-order valence-electron chi connectivity index (χ2n) is 5.37. The van der Waals surface area contributed by atoms with Gasteiger partial charge in [0, 0.05) is 5.02 Å². The average molecular weight is 348 g/mol. The lowest BCUT2D eigenvalue weighted by atomic mass is 10.0. The number of rotatable bonds is 6. The number of alkyl carbamates (subject to hydrolysis) is 1. The van der Waals surface area contributed by atoms with E-state index in [0.29, 0.717) is 10.6 Å². The quantitative estimate of drug-likeness (QED) is 0.825. The van der Waals surface area contributed by atoms with Crippen molar-refractivity contribution in [2.45, 2.75) is 26.0 Å². The summed E-state index contributed by atoms with van der Waals surface area (Å²) in [5.74, 6) is -1.03. The molecule has 6 heteroatoms. The van der Waals surface area contributed by atoms with Gasteiger partial charge in [-0.2, -0.15) is 0 Å². The highest BCUT2D eigenvalue weighted by atomic mass is 35.5. The molecule has 0 saturated heterocycles. The van der Waals surface area contributed by atoms with Crippen molar-refractivity contribution < 1.29 is 19.4 Å². The Labute approximate surface area is 145 Å². The van der Waals surface area contributed by atoms with Gasteiger partial charge in [-0.1, -0.05) is 54.1 Å². The van der Waals surface area contributed by atoms with E-state index in [1.165, 1.54) is 0 Å². The van der Waals surface area contributed by atoms with Crippen LogP contribution in [-0.2, 0) is 16.1 Å². The maximum absolute atomic E-state index is 12.0. The predicted molar refractivity (Wildman–Crippen MR) is 90.9 cm³/mol. The fourth-order valence-electron chi connectivity index (χ4n) is 2.16. The molecule has 0 aliphatic heterocycles. The first-order valence-electron chi connectivity index (χ1n) is 7.41. The highest BCUT2D eigenvalue weighted by Crippen LogP contribution is 2.23. The van der Waals surface area contributed by atoms with E-state index in [9.17, 15) is 9.59 Å². The van der Waals surface area contributed by atoms with E-state index in [2.05, 4.69) is 5.32 Å². The fraction of sp³-hybridized carbons (Fsp3) is 0.222. The third kappa shape index (κ3) is 5.28. The van der Waals surface area contributed by atoms with Gasteiger partial charge in [-0.05, 0) is 29.7 Å². The molecule has 24 heavy (non-hydrogen) atoms. The molecule has 0 radical (unpaired) electrons. The van der Waals surface area contributed by atoms with Crippen LogP contribution in [0.5, 0.6) is 0 Å². The molecule has 2 rings (SSSR count). The standard InChI is InChI=1S/C18H18ClNO4/c1-12-7-8-14(9-15(12)19)16(10-17(21)22)20-18(23)24-11-13-5-3-2-4-6-13/h2-9,16H,10-11H2,1H3,(H,20,23)(H,21,22)/t16-/m1/s1. The number of carbonyl (C=O) groups excluding carboxylic acids is 1. The Morgan fingerprint density at radius 1 is 1.21 bits per heavy atom. The Hall–Kier alpha value is -2.53. The summed E-state index contributed by atoms with van der Waals surface area (Å²) in [5.41, 5.74) is 2.34. The molecular formula is C18H18ClNO4. The van der Waals surface area contributed by atoms with E-state index in [0.717, 1.165) is 11.1 Å². The number of amides is 1. The highest BCUT2D eigenvalue weighted by Gasteiger charge is 2.19. The van der Waals surface area contributed by atoms with Gasteiger partial charge in [-0.15, -0.1) is 0 Å². The minimum absolute atomic E-state index is 0.112. The van der Waals surface area contributed by atoms with E-state index >= 15 is 0 Å². The maximum Gasteiger partial charge on any atom is 0.407 e. The number of hydrogen-bond acceptors (Lipinski definition) is 3. The van der Waals surface area contributed by atoms with Crippen molar-refractivity contribution in [3.63, 3.8) is 0 Å². The number of halogens is 1. The first-order valence-corrected chi connectivity index (χ1v) is 7.78. The van der Waals surface area contributed by atoms with Gasteiger partial charge in [0.25, 0.3) is 0 Å². The monoisotopic (exact) mass is 347 g/mol. The van der Waals surface area contributed by atoms with Crippen LogP contribution in [-0.4, -0.2) is 17.2 Å². The van der Waals surface area contributed by atoms with Crippen LogP contribution >= 0.6 is 11.6 Å². The summed E-state index contributed by atoms with van der Waals surface area (Å²) in [6.45, 7) is 1.96. The van der Waals surface area contributed by atoms with Gasteiger partial charge in [0.1, 0.15) is 6.61 Å². The van der Waals surface area contributed by atoms with Gasteiger partial charge in [0.2, 0.25) is 0 Å². The van der Waals surface area contributed by atoms with Gasteiger partial charge in [-0.25, -0.2) is 4.79 Å². The van der Waals surface area contributed by atoms with Crippen LogP contribution in [0.4, 0.5) is 4.79 Å². The zero-order valence-corrected chi connectivity index (χ0v) is 13.9. The van der Waals surface area contributed by atoms with Crippen molar-refractivity contribution in [2.75, 3.05) is 0 Å². The largest absolute Gasteiger partial charge is 0.481 e. The lowest BCUT2D eigenvalue weighted by Gasteiger charge is -2.18. The van der Waals surface area contributed by atoms with Crippen LogP contribution in [0.15, 0.2) is 48.5 Å². The number of nitrogens with one attached hydrogen (secondary N) is 1. The topological polar surface area (TPSA) is 75.6 Å². The Morgan fingerprint density at radius 3 is 2.54 bits per heavy atom. The molecule has 0 aliphatic rings. The Bertz CT molecular complexity index is 718. The number of ether oxygens (including phenoxy) is 1. The first-order chi connectivity index (χ1) is 11.5. The molecule has 5 nitrogen and oxygen atoms in total. The van der Waals surface area contributed by atoms with E-state index in [1.54, 1.807) is 18.2 Å². The van der Waals surface area contributed by atoms with E-state index in [4.69, 9.17) is 21.4 Å². The molecular weight excluding hydrogens is 330 g/mol. The third-order valence-electron chi connectivity index (χ3n) is 3.48. The number of hydrogen-bond donors (Lipinski definition) is 2. The van der Waals surface area contributed by atoms with Crippen LogP contribution in [0.2, 0.25) is 5.02 Å². The molecule has 2 aromatic rings. The van der Waals surface area contributed by atoms with Gasteiger partial charge in [-0.3, -0.25) is 4.79 Å². The molecule has 2 aromatic carbocycles. The summed E-state index contributed by atoms with van der Waals surface area (Å²) >= 11 is 6.08. The van der Waals surface area contributed by atoms with Gasteiger partial charge >= 0.3 is 12.1 Å². The molecule has 0 aliphatic carbocycles. The minimum Gasteiger partial charge on any atom is -0.481 e. The van der Waals surface area contributed by atoms with Gasteiger partial charge < -0.3 is 15.2 Å². The normalized spacial score (nSPS) is 11.6. The highest BCUT2D eigenvalue weighted by molar-refractivity contribution is 6.31. The molecule has 0 bridgehead atoms. The average Bonchev–Trinajstić information content (AvgIpc) is 2.55. The van der Waals surface area contributed by atoms with E-state index < -0.39 is 18.1 Å². The maximum atomic E-state index is 12.0. The van der Waals surface area contributed by atoms with Crippen LogP contribution in [0, 0.1) is 6.92 Å². The molecule has 1 atom stereocenters. The molecule has 2 N–H and O–H groups in total. The Kier molecular flexibility index (Phi) is 6.21. The molecule has 126 valence electrons. The lowest BCUT2D eigenvalue weighted by Crippen LogP contribution is -2.30. The zero-order valence-electron chi connectivity index (χ0n) is 13.2. The van der Waals surface area contributed by atoms with Crippen molar-refractivity contribution in [1.82, 2.24) is 5.32 Å². The lowest BCUT2D eigenvalue weighted by molar-refractivity contribution is -0.137. The van der Waals surface area contributed by atoms with Crippen LogP contribution in [0.3, 0.4) is 0 Å². The Balaban J connectivity index is 2.03. The summed E-state index contributed by atoms with van der Waals surface area (Å²) in [6.07, 6.45) is -0.943. The SMILES string of the molecule is Cc1ccc([C@@H](CC(=O)O)NC(=O)OCc2ccccc2)cc1Cl. The molecule has 0 saturated carbocycles. The second-order valence-corrected chi connectivity index (χ2v) is 5.77. The molecule has 0 fully saturated rings. The minimum atomic E-state index is -1.03. The summed E-state index contributed by atoms with van der Waals surface area (Å²) < 4.78 is 5.14.